The molecule has 8 nitrogen and oxygen atoms in total. The minimum atomic E-state index is -3.65. The van der Waals surface area contributed by atoms with Gasteiger partial charge in [0.15, 0.2) is 0 Å². The number of imidazole rings is 1. The Morgan fingerprint density at radius 3 is 2.36 bits per heavy atom. The number of carbonyl (C=O) groups is 1. The summed E-state index contributed by atoms with van der Waals surface area (Å²) in [5, 5.41) is 2.81. The maximum atomic E-state index is 12.9. The molecular weight excluding hydrogens is 440 g/mol. The first kappa shape index (κ1) is 22.5. The number of hydrogen-bond donors (Lipinski definition) is 1. The molecule has 0 aliphatic rings. The fraction of sp³-hybridized carbons (Fsp3) is 0.208. The van der Waals surface area contributed by atoms with Crippen LogP contribution in [0.15, 0.2) is 83.1 Å². The normalized spacial score (nSPS) is 11.6. The average molecular weight is 465 g/mol. The molecule has 1 N–H and O–H groups in total. The maximum absolute atomic E-state index is 12.9. The van der Waals surface area contributed by atoms with Crippen molar-refractivity contribution in [3.05, 3.63) is 84.4 Å². The van der Waals surface area contributed by atoms with E-state index in [1.54, 1.807) is 71.5 Å². The lowest BCUT2D eigenvalue weighted by Gasteiger charge is -2.10. The first-order chi connectivity index (χ1) is 15.8. The highest BCUT2D eigenvalue weighted by molar-refractivity contribution is 7.91. The third kappa shape index (κ3) is 5.20. The van der Waals surface area contributed by atoms with Crippen molar-refractivity contribution in [2.24, 2.45) is 5.92 Å². The van der Waals surface area contributed by atoms with Crippen LogP contribution >= 0.6 is 0 Å². The van der Waals surface area contributed by atoms with E-state index in [2.05, 4.69) is 15.3 Å². The number of amides is 1. The van der Waals surface area contributed by atoms with Gasteiger partial charge in [-0.05, 0) is 47.9 Å². The molecule has 0 aliphatic heterocycles. The predicted octanol–water partition coefficient (Wildman–Crippen LogP) is 3.53. The molecule has 0 aliphatic carbocycles. The van der Waals surface area contributed by atoms with E-state index >= 15 is 0 Å². The summed E-state index contributed by atoms with van der Waals surface area (Å²) in [7, 11) is -3.65. The first-order valence-corrected chi connectivity index (χ1v) is 11.9. The van der Waals surface area contributed by atoms with Crippen LogP contribution < -0.4 is 10.1 Å². The second-order valence-electron chi connectivity index (χ2n) is 7.98. The van der Waals surface area contributed by atoms with Crippen LogP contribution in [0.1, 0.15) is 29.8 Å². The molecule has 1 amide bonds. The van der Waals surface area contributed by atoms with Gasteiger partial charge in [0.2, 0.25) is 15.6 Å². The van der Waals surface area contributed by atoms with E-state index in [-0.39, 0.29) is 22.2 Å². The molecule has 2 heterocycles. The zero-order chi connectivity index (χ0) is 23.4. The van der Waals surface area contributed by atoms with Gasteiger partial charge in [0, 0.05) is 31.3 Å². The van der Waals surface area contributed by atoms with E-state index in [0.29, 0.717) is 29.6 Å². The molecule has 4 rings (SSSR count). The van der Waals surface area contributed by atoms with E-state index < -0.39 is 9.84 Å². The third-order valence-corrected chi connectivity index (χ3v) is 6.70. The Morgan fingerprint density at radius 2 is 1.70 bits per heavy atom. The van der Waals surface area contributed by atoms with Crippen molar-refractivity contribution < 1.29 is 17.9 Å². The van der Waals surface area contributed by atoms with Gasteiger partial charge in [-0.15, -0.1) is 0 Å². The second-order valence-corrected chi connectivity index (χ2v) is 9.93. The Morgan fingerprint density at radius 1 is 1.03 bits per heavy atom. The van der Waals surface area contributed by atoms with Crippen LogP contribution in [-0.2, 0) is 16.4 Å². The number of aromatic nitrogens is 3. The van der Waals surface area contributed by atoms with E-state index in [1.807, 2.05) is 13.8 Å². The number of sulfone groups is 1. The fourth-order valence-corrected chi connectivity index (χ4v) is 4.38. The maximum Gasteiger partial charge on any atom is 0.254 e. The number of nitrogens with one attached hydrogen (secondary N) is 1. The monoisotopic (exact) mass is 464 g/mol. The lowest BCUT2D eigenvalue weighted by atomic mass is 10.2. The van der Waals surface area contributed by atoms with E-state index in [9.17, 15) is 13.2 Å². The second kappa shape index (κ2) is 9.41. The molecule has 0 saturated carbocycles. The van der Waals surface area contributed by atoms with Crippen molar-refractivity contribution in [2.75, 3.05) is 6.61 Å². The zero-order valence-corrected chi connectivity index (χ0v) is 19.1. The third-order valence-electron chi connectivity index (χ3n) is 4.91. The smallest absolute Gasteiger partial charge is 0.254 e. The van der Waals surface area contributed by atoms with E-state index in [4.69, 9.17) is 4.74 Å². The topological polar surface area (TPSA) is 103 Å². The van der Waals surface area contributed by atoms with Crippen molar-refractivity contribution in [2.45, 2.75) is 30.2 Å². The molecule has 0 radical (unpaired) electrons. The van der Waals surface area contributed by atoms with Crippen LogP contribution in [0.5, 0.6) is 5.75 Å². The Hall–Kier alpha value is -3.72. The summed E-state index contributed by atoms with van der Waals surface area (Å²) in [5.74, 6) is 1.25. The highest BCUT2D eigenvalue weighted by atomic mass is 32.2. The van der Waals surface area contributed by atoms with Crippen LogP contribution in [0.3, 0.4) is 0 Å². The van der Waals surface area contributed by atoms with Crippen LogP contribution in [0.4, 0.5) is 0 Å². The van der Waals surface area contributed by atoms with Crippen LogP contribution in [0, 0.1) is 5.92 Å². The Kier molecular flexibility index (Phi) is 6.41. The molecule has 4 aromatic rings. The highest BCUT2D eigenvalue weighted by Gasteiger charge is 2.18. The standard InChI is InChI=1S/C24H24N4O4S/c1-17(2)16-32-20-5-9-22(10-6-20)33(30,31)21-7-3-18(4-8-21)13-26-23(29)19-14-27-24-25-11-12-28(24)15-19/h3-12,14-15,17H,13,16H2,1-2H3,(H,26,29). The lowest BCUT2D eigenvalue weighted by molar-refractivity contribution is 0.0950. The summed E-state index contributed by atoms with van der Waals surface area (Å²) in [4.78, 5) is 21.0. The van der Waals surface area contributed by atoms with Crippen molar-refractivity contribution in [1.29, 1.82) is 0 Å². The first-order valence-electron chi connectivity index (χ1n) is 10.5. The molecule has 2 aromatic carbocycles. The van der Waals surface area contributed by atoms with Gasteiger partial charge in [-0.3, -0.25) is 9.20 Å². The summed E-state index contributed by atoms with van der Waals surface area (Å²) in [6.45, 7) is 4.92. The molecule has 0 bridgehead atoms. The zero-order valence-electron chi connectivity index (χ0n) is 18.3. The largest absolute Gasteiger partial charge is 0.493 e. The fourth-order valence-electron chi connectivity index (χ4n) is 3.12. The molecule has 170 valence electrons. The van der Waals surface area contributed by atoms with Gasteiger partial charge < -0.3 is 10.1 Å². The van der Waals surface area contributed by atoms with E-state index in [1.165, 1.54) is 6.20 Å². The van der Waals surface area contributed by atoms with Crippen LogP contribution in [0.2, 0.25) is 0 Å². The molecule has 0 spiro atoms. The number of hydrogen-bond acceptors (Lipinski definition) is 6. The highest BCUT2D eigenvalue weighted by Crippen LogP contribution is 2.23. The van der Waals surface area contributed by atoms with Gasteiger partial charge in [-0.25, -0.2) is 18.4 Å². The van der Waals surface area contributed by atoms with Crippen molar-refractivity contribution in [1.82, 2.24) is 19.7 Å². The van der Waals surface area contributed by atoms with Crippen molar-refractivity contribution >= 4 is 21.5 Å². The Balaban J connectivity index is 1.40. The van der Waals surface area contributed by atoms with Gasteiger partial charge in [-0.1, -0.05) is 26.0 Å². The van der Waals surface area contributed by atoms with Crippen LogP contribution in [0.25, 0.3) is 5.78 Å². The summed E-state index contributed by atoms with van der Waals surface area (Å²) < 4.78 is 33.1. The van der Waals surface area contributed by atoms with Gasteiger partial charge in [0.05, 0.1) is 22.0 Å². The van der Waals surface area contributed by atoms with Crippen LogP contribution in [-0.4, -0.2) is 35.3 Å². The van der Waals surface area contributed by atoms with Gasteiger partial charge in [-0.2, -0.15) is 0 Å². The molecule has 0 atom stereocenters. The molecule has 2 aromatic heterocycles. The van der Waals surface area contributed by atoms with Gasteiger partial charge >= 0.3 is 0 Å². The molecule has 33 heavy (non-hydrogen) atoms. The minimum absolute atomic E-state index is 0.184. The molecule has 0 fully saturated rings. The number of carbonyl (C=O) groups excluding carboxylic acids is 1. The summed E-state index contributed by atoms with van der Waals surface area (Å²) >= 11 is 0. The number of benzene rings is 2. The Labute approximate surface area is 192 Å². The quantitative estimate of drug-likeness (QED) is 0.428. The number of ether oxygens (including phenoxy) is 1. The predicted molar refractivity (Wildman–Crippen MR) is 123 cm³/mol. The number of rotatable bonds is 8. The van der Waals surface area contributed by atoms with Gasteiger partial charge in [0.1, 0.15) is 5.75 Å². The summed E-state index contributed by atoms with van der Waals surface area (Å²) in [6.07, 6.45) is 6.44. The molecule has 0 unspecified atom stereocenters. The van der Waals surface area contributed by atoms with Gasteiger partial charge in [0.25, 0.3) is 5.91 Å². The summed E-state index contributed by atoms with van der Waals surface area (Å²) in [5.41, 5.74) is 1.18. The Bertz CT molecular complexity index is 1360. The number of fused-ring (bicyclic) bond motifs is 1. The lowest BCUT2D eigenvalue weighted by Crippen LogP contribution is -2.23. The van der Waals surface area contributed by atoms with E-state index in [0.717, 1.165) is 5.56 Å². The molecule has 0 saturated heterocycles. The summed E-state index contributed by atoms with van der Waals surface area (Å²) in [6, 6.07) is 12.9. The average Bonchev–Trinajstić information content (AvgIpc) is 3.30. The molecular formula is C24H24N4O4S. The van der Waals surface area contributed by atoms with Crippen molar-refractivity contribution in [3.63, 3.8) is 0 Å². The van der Waals surface area contributed by atoms with Crippen molar-refractivity contribution in [3.8, 4) is 5.75 Å². The number of nitrogens with zero attached hydrogens (tertiary/aromatic N) is 3. The minimum Gasteiger partial charge on any atom is -0.493 e. The SMILES string of the molecule is CC(C)COc1ccc(S(=O)(=O)c2ccc(CNC(=O)c3cnc4nccn4c3)cc2)cc1. The molecule has 9 heteroatoms.